The number of hydrogen-bond donors (Lipinski definition) is 3. The highest BCUT2D eigenvalue weighted by Gasteiger charge is 2.27. The molecule has 29 heavy (non-hydrogen) atoms. The van der Waals surface area contributed by atoms with Gasteiger partial charge in [-0.2, -0.15) is 13.2 Å². The maximum absolute atomic E-state index is 13.8. The van der Waals surface area contributed by atoms with Crippen molar-refractivity contribution in [2.45, 2.75) is 45.6 Å². The monoisotopic (exact) mass is 421 g/mol. The second kappa shape index (κ2) is 10.2. The number of aliphatic imine (C=N–C) groups is 1. The molecule has 0 aliphatic rings. The Morgan fingerprint density at radius 3 is 2.45 bits per heavy atom. The summed E-state index contributed by atoms with van der Waals surface area (Å²) in [5, 5.41) is 9.30. The van der Waals surface area contributed by atoms with Crippen molar-refractivity contribution in [2.75, 3.05) is 6.54 Å². The zero-order valence-electron chi connectivity index (χ0n) is 16.2. The summed E-state index contributed by atoms with van der Waals surface area (Å²) in [6.45, 7) is 2.29. The molecule has 0 aliphatic heterocycles. The molecule has 2 atom stereocenters. The van der Waals surface area contributed by atoms with E-state index in [9.17, 15) is 27.1 Å². The molecule has 0 spiro atoms. The van der Waals surface area contributed by atoms with Gasteiger partial charge in [0.15, 0.2) is 6.17 Å². The van der Waals surface area contributed by atoms with Gasteiger partial charge in [-0.25, -0.2) is 13.8 Å². The molecule has 1 aromatic heterocycles. The number of halogens is 5. The maximum atomic E-state index is 13.8. The van der Waals surface area contributed by atoms with Crippen molar-refractivity contribution in [3.63, 3.8) is 0 Å². The Kier molecular flexibility index (Phi) is 8.56. The van der Waals surface area contributed by atoms with Crippen molar-refractivity contribution >= 4 is 17.6 Å². The van der Waals surface area contributed by atoms with Crippen molar-refractivity contribution in [1.82, 2.24) is 9.55 Å². The standard InChI is InChI=1S/C18H24F5N5O/c1-10(19)8-28-14(7-26-17(28)12(3)20)16(25)15(24)13(6-4-5-11(2)29)27-9-18(21,22)23/h4,6-8,11-12,29H,5,9,24-25H2,1-3H3/b6-4+,10-8+,16-15?,27-13?. The Morgan fingerprint density at radius 2 is 1.97 bits per heavy atom. The fraction of sp³-hybridized carbons (Fsp3) is 0.444. The second-order valence-electron chi connectivity index (χ2n) is 6.33. The molecule has 0 fully saturated rings. The van der Waals surface area contributed by atoms with Gasteiger partial charge in [-0.1, -0.05) is 6.08 Å². The van der Waals surface area contributed by atoms with E-state index in [-0.39, 0.29) is 35.0 Å². The summed E-state index contributed by atoms with van der Waals surface area (Å²) >= 11 is 0. The number of nitrogens with two attached hydrogens (primary N) is 2. The minimum Gasteiger partial charge on any atom is -0.395 e. The van der Waals surface area contributed by atoms with Crippen LogP contribution < -0.4 is 11.5 Å². The van der Waals surface area contributed by atoms with E-state index in [0.717, 1.165) is 23.9 Å². The predicted octanol–water partition coefficient (Wildman–Crippen LogP) is 3.62. The van der Waals surface area contributed by atoms with Crippen molar-refractivity contribution in [2.24, 2.45) is 16.5 Å². The van der Waals surface area contributed by atoms with Gasteiger partial charge in [0.1, 0.15) is 18.2 Å². The van der Waals surface area contributed by atoms with Gasteiger partial charge in [-0.15, -0.1) is 0 Å². The summed E-state index contributed by atoms with van der Waals surface area (Å²) in [7, 11) is 0. The number of alkyl halides is 4. The Labute approximate surface area is 165 Å². The van der Waals surface area contributed by atoms with Crippen molar-refractivity contribution in [1.29, 1.82) is 0 Å². The van der Waals surface area contributed by atoms with E-state index in [2.05, 4.69) is 9.98 Å². The molecule has 0 saturated carbocycles. The highest BCUT2D eigenvalue weighted by atomic mass is 19.4. The summed E-state index contributed by atoms with van der Waals surface area (Å²) in [6, 6.07) is 0. The Morgan fingerprint density at radius 1 is 1.34 bits per heavy atom. The molecule has 2 unspecified atom stereocenters. The first-order valence-corrected chi connectivity index (χ1v) is 8.60. The average molecular weight is 421 g/mol. The molecule has 5 N–H and O–H groups in total. The van der Waals surface area contributed by atoms with E-state index in [1.165, 1.54) is 26.0 Å². The van der Waals surface area contributed by atoms with Gasteiger partial charge in [-0.3, -0.25) is 9.56 Å². The number of aliphatic hydroxyl groups is 1. The third kappa shape index (κ3) is 7.68. The molecule has 0 saturated heterocycles. The normalized spacial score (nSPS) is 16.9. The smallest absolute Gasteiger partial charge is 0.395 e. The highest BCUT2D eigenvalue weighted by molar-refractivity contribution is 6.11. The van der Waals surface area contributed by atoms with Crippen LogP contribution in [-0.2, 0) is 0 Å². The molecular formula is C18H24F5N5O. The van der Waals surface area contributed by atoms with Crippen LogP contribution in [0.1, 0.15) is 44.9 Å². The number of hydrogen-bond acceptors (Lipinski definition) is 5. The van der Waals surface area contributed by atoms with Gasteiger partial charge >= 0.3 is 6.18 Å². The van der Waals surface area contributed by atoms with E-state index in [1.807, 2.05) is 0 Å². The van der Waals surface area contributed by atoms with Gasteiger partial charge in [0.05, 0.1) is 35.1 Å². The zero-order chi connectivity index (χ0) is 22.4. The van der Waals surface area contributed by atoms with Crippen LogP contribution in [0.15, 0.2) is 34.9 Å². The van der Waals surface area contributed by atoms with Crippen LogP contribution in [0.5, 0.6) is 0 Å². The van der Waals surface area contributed by atoms with Crippen LogP contribution >= 0.6 is 0 Å². The van der Waals surface area contributed by atoms with E-state index in [1.54, 1.807) is 0 Å². The van der Waals surface area contributed by atoms with Gasteiger partial charge in [0, 0.05) is 6.20 Å². The first kappa shape index (κ1) is 24.3. The molecule has 1 aromatic rings. The van der Waals surface area contributed by atoms with E-state index < -0.39 is 30.8 Å². The maximum Gasteiger partial charge on any atom is 0.407 e. The van der Waals surface area contributed by atoms with Crippen LogP contribution in [0.4, 0.5) is 22.0 Å². The van der Waals surface area contributed by atoms with Crippen molar-refractivity contribution in [3.05, 3.63) is 41.4 Å². The molecule has 1 heterocycles. The average Bonchev–Trinajstić information content (AvgIpc) is 2.98. The quantitative estimate of drug-likeness (QED) is 0.441. The lowest BCUT2D eigenvalue weighted by molar-refractivity contribution is -0.118. The van der Waals surface area contributed by atoms with Crippen molar-refractivity contribution < 1.29 is 27.1 Å². The molecule has 6 nitrogen and oxygen atoms in total. The van der Waals surface area contributed by atoms with E-state index in [4.69, 9.17) is 11.5 Å². The minimum atomic E-state index is -4.58. The zero-order valence-corrected chi connectivity index (χ0v) is 16.2. The first-order chi connectivity index (χ1) is 13.3. The molecule has 0 bridgehead atoms. The molecule has 1 rings (SSSR count). The van der Waals surface area contributed by atoms with Crippen LogP contribution in [0.25, 0.3) is 11.9 Å². The summed E-state index contributed by atoms with van der Waals surface area (Å²) < 4.78 is 66.0. The fourth-order valence-corrected chi connectivity index (χ4v) is 2.24. The van der Waals surface area contributed by atoms with Gasteiger partial charge in [0.25, 0.3) is 0 Å². The number of allylic oxidation sites excluding steroid dienone is 2. The predicted molar refractivity (Wildman–Crippen MR) is 102 cm³/mol. The molecular weight excluding hydrogens is 397 g/mol. The van der Waals surface area contributed by atoms with Crippen LogP contribution in [0.2, 0.25) is 0 Å². The second-order valence-corrected chi connectivity index (χ2v) is 6.33. The Balaban J connectivity index is 3.50. The Hall–Kier alpha value is -2.69. The summed E-state index contributed by atoms with van der Waals surface area (Å²) in [5.74, 6) is -0.841. The largest absolute Gasteiger partial charge is 0.407 e. The van der Waals surface area contributed by atoms with E-state index >= 15 is 0 Å². The lowest BCUT2D eigenvalue weighted by Gasteiger charge is -2.12. The molecule has 0 aliphatic carbocycles. The highest BCUT2D eigenvalue weighted by Crippen LogP contribution is 2.23. The molecule has 0 radical (unpaired) electrons. The molecule has 0 aromatic carbocycles. The third-order valence-corrected chi connectivity index (χ3v) is 3.51. The van der Waals surface area contributed by atoms with Crippen LogP contribution in [0.3, 0.4) is 0 Å². The van der Waals surface area contributed by atoms with Crippen molar-refractivity contribution in [3.8, 4) is 0 Å². The summed E-state index contributed by atoms with van der Waals surface area (Å²) in [5.41, 5.74) is 11.0. The van der Waals surface area contributed by atoms with Crippen LogP contribution in [-0.4, -0.2) is 39.2 Å². The lowest BCUT2D eigenvalue weighted by Crippen LogP contribution is -2.21. The summed E-state index contributed by atoms with van der Waals surface area (Å²) in [4.78, 5) is 7.28. The molecule has 0 amide bonds. The molecule has 11 heteroatoms. The number of rotatable bonds is 8. The number of aliphatic hydroxyl groups excluding tert-OH is 1. The SMILES string of the molecule is C/C(F)=C\n1c(C(N)=C(N)C(/C=C/CC(C)O)=NCC(F)(F)F)cnc1C(C)F. The summed E-state index contributed by atoms with van der Waals surface area (Å²) in [6.07, 6.45) is -2.09. The lowest BCUT2D eigenvalue weighted by atomic mass is 10.1. The van der Waals surface area contributed by atoms with Crippen LogP contribution in [0, 0.1) is 0 Å². The van der Waals surface area contributed by atoms with Gasteiger partial charge in [-0.05, 0) is 33.3 Å². The number of nitrogens with zero attached hydrogens (tertiary/aromatic N) is 3. The minimum absolute atomic E-state index is 0.0114. The third-order valence-electron chi connectivity index (χ3n) is 3.51. The topological polar surface area (TPSA) is 102 Å². The number of imidazole rings is 1. The first-order valence-electron chi connectivity index (χ1n) is 8.60. The molecule has 162 valence electrons. The van der Waals surface area contributed by atoms with E-state index in [0.29, 0.717) is 0 Å². The fourth-order valence-electron chi connectivity index (χ4n) is 2.24. The Bertz CT molecular complexity index is 815. The number of aromatic nitrogens is 2. The van der Waals surface area contributed by atoms with Gasteiger partial charge in [0.2, 0.25) is 0 Å². The van der Waals surface area contributed by atoms with Gasteiger partial charge < -0.3 is 16.6 Å².